The molecule has 0 bridgehead atoms. The summed E-state index contributed by atoms with van der Waals surface area (Å²) in [5.74, 6) is -2.31. The monoisotopic (exact) mass is 268 g/mol. The number of rotatable bonds is 4. The van der Waals surface area contributed by atoms with Gasteiger partial charge in [-0.3, -0.25) is 0 Å². The molecule has 2 rings (SSSR count). The normalized spacial score (nSPS) is 18.0. The first-order chi connectivity index (χ1) is 9.08. The molecular weight excluding hydrogens is 251 g/mol. The molecule has 1 aromatic heterocycles. The molecule has 0 atom stereocenters. The van der Waals surface area contributed by atoms with Gasteiger partial charge in [0.2, 0.25) is 0 Å². The van der Waals surface area contributed by atoms with Crippen LogP contribution in [0.1, 0.15) is 42.5 Å². The highest BCUT2D eigenvalue weighted by atomic mass is 19.1. The maximum absolute atomic E-state index is 14.0. The van der Waals surface area contributed by atoms with E-state index < -0.39 is 22.9 Å². The SMILES string of the molecule is O=C(O)c1ccnc(NC2(CO)CCCCC2)c1F. The predicted molar refractivity (Wildman–Crippen MR) is 67.7 cm³/mol. The fourth-order valence-corrected chi connectivity index (χ4v) is 2.50. The first-order valence-electron chi connectivity index (χ1n) is 6.35. The number of aromatic carboxylic acids is 1. The van der Waals surface area contributed by atoms with E-state index in [-0.39, 0.29) is 12.4 Å². The molecule has 3 N–H and O–H groups in total. The Morgan fingerprint density at radius 3 is 2.68 bits per heavy atom. The Kier molecular flexibility index (Phi) is 3.99. The fourth-order valence-electron chi connectivity index (χ4n) is 2.50. The lowest BCUT2D eigenvalue weighted by molar-refractivity contribution is 0.0691. The van der Waals surface area contributed by atoms with Crippen LogP contribution in [0.2, 0.25) is 0 Å². The molecule has 1 aromatic rings. The van der Waals surface area contributed by atoms with Crippen molar-refractivity contribution in [3.63, 3.8) is 0 Å². The molecule has 0 saturated heterocycles. The number of hydrogen-bond acceptors (Lipinski definition) is 4. The number of aromatic nitrogens is 1. The Morgan fingerprint density at radius 2 is 2.11 bits per heavy atom. The number of nitrogens with one attached hydrogen (secondary N) is 1. The van der Waals surface area contributed by atoms with E-state index in [1.807, 2.05) is 0 Å². The topological polar surface area (TPSA) is 82.5 Å². The number of hydrogen-bond donors (Lipinski definition) is 3. The highest BCUT2D eigenvalue weighted by Gasteiger charge is 2.32. The quantitative estimate of drug-likeness (QED) is 0.778. The Hall–Kier alpha value is -1.69. The van der Waals surface area contributed by atoms with Gasteiger partial charge in [-0.05, 0) is 18.9 Å². The van der Waals surface area contributed by atoms with Crippen LogP contribution in [-0.4, -0.2) is 33.3 Å². The Morgan fingerprint density at radius 1 is 1.42 bits per heavy atom. The van der Waals surface area contributed by atoms with Gasteiger partial charge in [0.05, 0.1) is 12.1 Å². The summed E-state index contributed by atoms with van der Waals surface area (Å²) in [4.78, 5) is 14.7. The second-order valence-electron chi connectivity index (χ2n) is 4.95. The summed E-state index contributed by atoms with van der Waals surface area (Å²) >= 11 is 0. The molecule has 0 aromatic carbocycles. The van der Waals surface area contributed by atoms with Crippen LogP contribution >= 0.6 is 0 Å². The lowest BCUT2D eigenvalue weighted by Crippen LogP contribution is -2.44. The van der Waals surface area contributed by atoms with E-state index in [0.29, 0.717) is 0 Å². The molecule has 1 fully saturated rings. The van der Waals surface area contributed by atoms with E-state index in [1.165, 1.54) is 6.20 Å². The zero-order valence-corrected chi connectivity index (χ0v) is 10.5. The molecule has 1 saturated carbocycles. The number of carboxylic acids is 1. The summed E-state index contributed by atoms with van der Waals surface area (Å²) in [5.41, 5.74) is -1.01. The standard InChI is InChI=1S/C13H17FN2O3/c14-10-9(12(18)19)4-7-15-11(10)16-13(8-17)5-2-1-3-6-13/h4,7,17H,1-3,5-6,8H2,(H,15,16)(H,18,19). The highest BCUT2D eigenvalue weighted by Crippen LogP contribution is 2.31. The van der Waals surface area contributed by atoms with Crippen LogP contribution in [0.15, 0.2) is 12.3 Å². The number of nitrogens with zero attached hydrogens (tertiary/aromatic N) is 1. The van der Waals surface area contributed by atoms with Gasteiger partial charge in [-0.1, -0.05) is 19.3 Å². The highest BCUT2D eigenvalue weighted by molar-refractivity contribution is 5.88. The first-order valence-corrected chi connectivity index (χ1v) is 6.35. The smallest absolute Gasteiger partial charge is 0.338 e. The molecule has 0 amide bonds. The third kappa shape index (κ3) is 2.84. The minimum Gasteiger partial charge on any atom is -0.478 e. The van der Waals surface area contributed by atoms with Gasteiger partial charge in [-0.15, -0.1) is 0 Å². The average Bonchev–Trinajstić information content (AvgIpc) is 2.42. The van der Waals surface area contributed by atoms with Gasteiger partial charge in [-0.25, -0.2) is 14.2 Å². The second-order valence-corrected chi connectivity index (χ2v) is 4.95. The summed E-state index contributed by atoms with van der Waals surface area (Å²) in [6.07, 6.45) is 5.70. The van der Waals surface area contributed by atoms with Crippen molar-refractivity contribution >= 4 is 11.8 Å². The number of anilines is 1. The van der Waals surface area contributed by atoms with Crippen molar-refractivity contribution in [2.24, 2.45) is 0 Å². The lowest BCUT2D eigenvalue weighted by atomic mass is 9.82. The third-order valence-electron chi connectivity index (χ3n) is 3.62. The lowest BCUT2D eigenvalue weighted by Gasteiger charge is -2.37. The second kappa shape index (κ2) is 5.52. The molecule has 0 radical (unpaired) electrons. The Labute approximate surface area is 110 Å². The number of carboxylic acid groups (broad SMARTS) is 1. The van der Waals surface area contributed by atoms with Gasteiger partial charge in [0.15, 0.2) is 11.6 Å². The average molecular weight is 268 g/mol. The maximum Gasteiger partial charge on any atom is 0.338 e. The van der Waals surface area contributed by atoms with Crippen LogP contribution in [0.5, 0.6) is 0 Å². The molecule has 0 aliphatic heterocycles. The molecule has 5 nitrogen and oxygen atoms in total. The van der Waals surface area contributed by atoms with Crippen LogP contribution in [0.3, 0.4) is 0 Å². The molecule has 6 heteroatoms. The van der Waals surface area contributed by atoms with Gasteiger partial charge in [0.25, 0.3) is 0 Å². The van der Waals surface area contributed by atoms with E-state index in [2.05, 4.69) is 10.3 Å². The van der Waals surface area contributed by atoms with Gasteiger partial charge in [-0.2, -0.15) is 0 Å². The molecule has 104 valence electrons. The Balaban J connectivity index is 2.27. The minimum absolute atomic E-state index is 0.101. The van der Waals surface area contributed by atoms with Gasteiger partial charge in [0.1, 0.15) is 5.56 Å². The van der Waals surface area contributed by atoms with Crippen molar-refractivity contribution in [2.75, 3.05) is 11.9 Å². The molecule has 1 aliphatic rings. The van der Waals surface area contributed by atoms with Crippen molar-refractivity contribution < 1.29 is 19.4 Å². The van der Waals surface area contributed by atoms with Crippen molar-refractivity contribution in [1.29, 1.82) is 0 Å². The zero-order chi connectivity index (χ0) is 13.9. The van der Waals surface area contributed by atoms with Gasteiger partial charge in [0, 0.05) is 6.20 Å². The number of aliphatic hydroxyl groups is 1. The summed E-state index contributed by atoms with van der Waals surface area (Å²) in [7, 11) is 0. The predicted octanol–water partition coefficient (Wildman–Crippen LogP) is 2.03. The number of carbonyl (C=O) groups is 1. The third-order valence-corrected chi connectivity index (χ3v) is 3.62. The van der Waals surface area contributed by atoms with E-state index in [9.17, 15) is 14.3 Å². The van der Waals surface area contributed by atoms with Crippen LogP contribution in [-0.2, 0) is 0 Å². The zero-order valence-electron chi connectivity index (χ0n) is 10.5. The molecule has 1 heterocycles. The van der Waals surface area contributed by atoms with E-state index in [4.69, 9.17) is 5.11 Å². The Bertz CT molecular complexity index is 473. The summed E-state index contributed by atoms with van der Waals surface area (Å²) in [5, 5.41) is 21.3. The van der Waals surface area contributed by atoms with Crippen LogP contribution in [0, 0.1) is 5.82 Å². The molecule has 0 unspecified atom stereocenters. The van der Waals surface area contributed by atoms with E-state index >= 15 is 0 Å². The first kappa shape index (κ1) is 13.7. The number of halogens is 1. The minimum atomic E-state index is -1.33. The summed E-state index contributed by atoms with van der Waals surface area (Å²) in [6, 6.07) is 1.12. The van der Waals surface area contributed by atoms with Gasteiger partial charge < -0.3 is 15.5 Å². The van der Waals surface area contributed by atoms with Crippen LogP contribution in [0.25, 0.3) is 0 Å². The van der Waals surface area contributed by atoms with Crippen molar-refractivity contribution in [3.8, 4) is 0 Å². The van der Waals surface area contributed by atoms with Crippen molar-refractivity contribution in [3.05, 3.63) is 23.6 Å². The van der Waals surface area contributed by atoms with E-state index in [1.54, 1.807) is 0 Å². The maximum atomic E-state index is 14.0. The summed E-state index contributed by atoms with van der Waals surface area (Å²) < 4.78 is 14.0. The van der Waals surface area contributed by atoms with Gasteiger partial charge >= 0.3 is 5.97 Å². The van der Waals surface area contributed by atoms with Crippen LogP contribution < -0.4 is 5.32 Å². The largest absolute Gasteiger partial charge is 0.478 e. The van der Waals surface area contributed by atoms with Crippen molar-refractivity contribution in [1.82, 2.24) is 4.98 Å². The summed E-state index contributed by atoms with van der Waals surface area (Å²) in [6.45, 7) is -0.120. The fraction of sp³-hybridized carbons (Fsp3) is 0.538. The van der Waals surface area contributed by atoms with E-state index in [0.717, 1.165) is 38.2 Å². The molecule has 0 spiro atoms. The van der Waals surface area contributed by atoms with Crippen LogP contribution in [0.4, 0.5) is 10.2 Å². The van der Waals surface area contributed by atoms with Crippen molar-refractivity contribution in [2.45, 2.75) is 37.6 Å². The molecular formula is C13H17FN2O3. The molecule has 1 aliphatic carbocycles. The number of pyridine rings is 1. The number of aliphatic hydroxyl groups excluding tert-OH is 1. The molecule has 19 heavy (non-hydrogen) atoms.